The van der Waals surface area contributed by atoms with Crippen LogP contribution in [0.25, 0.3) is 0 Å². The maximum Gasteiger partial charge on any atom is 0.302 e. The van der Waals surface area contributed by atoms with Crippen LogP contribution in [0.5, 0.6) is 5.75 Å². The first-order valence-electron chi connectivity index (χ1n) is 8.31. The lowest BCUT2D eigenvalue weighted by atomic mass is 9.54. The third-order valence-corrected chi connectivity index (χ3v) is 5.71. The van der Waals surface area contributed by atoms with Crippen molar-refractivity contribution >= 4 is 11.8 Å². The second kappa shape index (κ2) is 5.99. The van der Waals surface area contributed by atoms with Gasteiger partial charge in [0.2, 0.25) is 0 Å². The van der Waals surface area contributed by atoms with Gasteiger partial charge in [0.05, 0.1) is 13.7 Å². The normalized spacial score (nSPS) is 29.4. The lowest BCUT2D eigenvalue weighted by molar-refractivity contribution is -0.143. The maximum atomic E-state index is 12.6. The topological polar surface area (TPSA) is 52.6 Å². The van der Waals surface area contributed by atoms with Gasteiger partial charge in [-0.2, -0.15) is 0 Å². The van der Waals surface area contributed by atoms with Gasteiger partial charge in [-0.25, -0.2) is 0 Å². The molecule has 0 bridgehead atoms. The van der Waals surface area contributed by atoms with Crippen LogP contribution in [0.1, 0.15) is 55.5 Å². The summed E-state index contributed by atoms with van der Waals surface area (Å²) in [6.07, 6.45) is 3.70. The predicted octanol–water partition coefficient (Wildman–Crippen LogP) is 3.52. The number of carbonyl (C=O) groups is 2. The molecule has 0 aliphatic heterocycles. The zero-order valence-corrected chi connectivity index (χ0v) is 14.1. The van der Waals surface area contributed by atoms with Crippen LogP contribution >= 0.6 is 0 Å². The van der Waals surface area contributed by atoms with Crippen molar-refractivity contribution in [3.05, 3.63) is 29.3 Å². The van der Waals surface area contributed by atoms with Crippen LogP contribution in [-0.2, 0) is 14.9 Å². The molecule has 0 amide bonds. The van der Waals surface area contributed by atoms with Gasteiger partial charge in [0.15, 0.2) is 5.78 Å². The summed E-state index contributed by atoms with van der Waals surface area (Å²) in [4.78, 5) is 23.8. The quantitative estimate of drug-likeness (QED) is 0.801. The van der Waals surface area contributed by atoms with Gasteiger partial charge in [-0.15, -0.1) is 0 Å². The van der Waals surface area contributed by atoms with Crippen LogP contribution in [0.4, 0.5) is 0 Å². The summed E-state index contributed by atoms with van der Waals surface area (Å²) in [5, 5.41) is 0. The standard InChI is InChI=1S/C19H24O4/c1-12(20)23-11-13-5-4-8-19(2)16(13)10-18(21)15-7-6-14(22-3)9-17(15)19/h6-7,9,13,16H,4-5,8,10-11H2,1-3H3. The smallest absolute Gasteiger partial charge is 0.302 e. The lowest BCUT2D eigenvalue weighted by Gasteiger charge is -2.49. The van der Waals surface area contributed by atoms with Crippen LogP contribution in [0.3, 0.4) is 0 Å². The number of hydrogen-bond donors (Lipinski definition) is 0. The number of methoxy groups -OCH3 is 1. The summed E-state index contributed by atoms with van der Waals surface area (Å²) in [5.41, 5.74) is 1.88. The van der Waals surface area contributed by atoms with Crippen molar-refractivity contribution < 1.29 is 19.1 Å². The van der Waals surface area contributed by atoms with Crippen LogP contribution < -0.4 is 4.74 Å². The van der Waals surface area contributed by atoms with E-state index in [2.05, 4.69) is 6.92 Å². The van der Waals surface area contributed by atoms with Crippen LogP contribution in [0.2, 0.25) is 0 Å². The highest BCUT2D eigenvalue weighted by Crippen LogP contribution is 2.52. The van der Waals surface area contributed by atoms with Crippen molar-refractivity contribution in [2.45, 2.75) is 44.9 Å². The Kier molecular flexibility index (Phi) is 4.17. The largest absolute Gasteiger partial charge is 0.497 e. The van der Waals surface area contributed by atoms with Gasteiger partial charge in [-0.3, -0.25) is 9.59 Å². The van der Waals surface area contributed by atoms with Crippen molar-refractivity contribution in [3.63, 3.8) is 0 Å². The van der Waals surface area contributed by atoms with E-state index in [4.69, 9.17) is 9.47 Å². The fourth-order valence-electron chi connectivity index (χ4n) is 4.46. The molecule has 23 heavy (non-hydrogen) atoms. The Bertz CT molecular complexity index is 636. The zero-order chi connectivity index (χ0) is 16.6. The molecule has 0 heterocycles. The number of fused-ring (bicyclic) bond motifs is 3. The van der Waals surface area contributed by atoms with Crippen molar-refractivity contribution in [1.82, 2.24) is 0 Å². The molecule has 0 saturated heterocycles. The molecule has 0 aromatic heterocycles. The summed E-state index contributed by atoms with van der Waals surface area (Å²) < 4.78 is 10.6. The molecule has 3 unspecified atom stereocenters. The minimum Gasteiger partial charge on any atom is -0.497 e. The van der Waals surface area contributed by atoms with E-state index in [0.29, 0.717) is 13.0 Å². The molecule has 3 atom stereocenters. The highest BCUT2D eigenvalue weighted by Gasteiger charge is 2.49. The molecular weight excluding hydrogens is 292 g/mol. The molecule has 2 aliphatic rings. The fourth-order valence-corrected chi connectivity index (χ4v) is 4.46. The molecule has 124 valence electrons. The van der Waals surface area contributed by atoms with Gasteiger partial charge in [-0.05, 0) is 53.9 Å². The SMILES string of the molecule is COc1ccc2c(c1)C1(C)CCCC(COC(C)=O)C1CC2=O. The Hall–Kier alpha value is -1.84. The summed E-state index contributed by atoms with van der Waals surface area (Å²) >= 11 is 0. The first kappa shape index (κ1) is 16.0. The molecule has 3 rings (SSSR count). The van der Waals surface area contributed by atoms with E-state index in [1.165, 1.54) is 6.92 Å². The molecule has 0 spiro atoms. The van der Waals surface area contributed by atoms with E-state index in [0.717, 1.165) is 36.1 Å². The van der Waals surface area contributed by atoms with Gasteiger partial charge < -0.3 is 9.47 Å². The third kappa shape index (κ3) is 2.75. The highest BCUT2D eigenvalue weighted by molar-refractivity contribution is 5.99. The monoisotopic (exact) mass is 316 g/mol. The van der Waals surface area contributed by atoms with E-state index in [-0.39, 0.29) is 29.0 Å². The highest BCUT2D eigenvalue weighted by atomic mass is 16.5. The second-order valence-electron chi connectivity index (χ2n) is 7.02. The van der Waals surface area contributed by atoms with E-state index < -0.39 is 0 Å². The van der Waals surface area contributed by atoms with Crippen molar-refractivity contribution in [1.29, 1.82) is 0 Å². The summed E-state index contributed by atoms with van der Waals surface area (Å²) in [7, 11) is 1.65. The van der Waals surface area contributed by atoms with Gasteiger partial charge in [0.25, 0.3) is 0 Å². The average Bonchev–Trinajstić information content (AvgIpc) is 2.54. The van der Waals surface area contributed by atoms with Crippen LogP contribution in [-0.4, -0.2) is 25.5 Å². The van der Waals surface area contributed by atoms with Gasteiger partial charge in [0.1, 0.15) is 5.75 Å². The first-order chi connectivity index (χ1) is 11.0. The Morgan fingerprint density at radius 2 is 2.17 bits per heavy atom. The third-order valence-electron chi connectivity index (χ3n) is 5.71. The number of esters is 1. The molecular formula is C19H24O4. The summed E-state index contributed by atoms with van der Waals surface area (Å²) in [6, 6.07) is 5.78. The molecule has 4 heteroatoms. The van der Waals surface area contributed by atoms with Crippen LogP contribution in [0, 0.1) is 11.8 Å². The summed E-state index contributed by atoms with van der Waals surface area (Å²) in [6.45, 7) is 4.11. The average molecular weight is 316 g/mol. The van der Waals surface area contributed by atoms with Gasteiger partial charge in [-0.1, -0.05) is 13.3 Å². The number of ether oxygens (including phenoxy) is 2. The van der Waals surface area contributed by atoms with Crippen molar-refractivity contribution in [2.24, 2.45) is 11.8 Å². The maximum absolute atomic E-state index is 12.6. The second-order valence-corrected chi connectivity index (χ2v) is 7.02. The molecule has 0 N–H and O–H groups in total. The minimum absolute atomic E-state index is 0.0547. The summed E-state index contributed by atoms with van der Waals surface area (Å²) in [5.74, 6) is 1.21. The molecule has 1 aromatic rings. The van der Waals surface area contributed by atoms with Gasteiger partial charge >= 0.3 is 5.97 Å². The zero-order valence-electron chi connectivity index (χ0n) is 14.1. The van der Waals surface area contributed by atoms with Crippen molar-refractivity contribution in [2.75, 3.05) is 13.7 Å². The number of benzene rings is 1. The molecule has 0 radical (unpaired) electrons. The van der Waals surface area contributed by atoms with E-state index in [1.54, 1.807) is 7.11 Å². The molecule has 1 saturated carbocycles. The number of rotatable bonds is 3. The number of ketones is 1. The Morgan fingerprint density at radius 3 is 2.87 bits per heavy atom. The van der Waals surface area contributed by atoms with Gasteiger partial charge in [0, 0.05) is 18.9 Å². The molecule has 1 aromatic carbocycles. The van der Waals surface area contributed by atoms with E-state index >= 15 is 0 Å². The number of hydrogen-bond acceptors (Lipinski definition) is 4. The minimum atomic E-state index is -0.249. The molecule has 1 fully saturated rings. The number of Topliss-reactive ketones (excluding diaryl/α,β-unsaturated/α-hetero) is 1. The van der Waals surface area contributed by atoms with Crippen molar-refractivity contribution in [3.8, 4) is 5.75 Å². The lowest BCUT2D eigenvalue weighted by Crippen LogP contribution is -2.47. The first-order valence-corrected chi connectivity index (χ1v) is 8.31. The van der Waals surface area contributed by atoms with E-state index in [1.807, 2.05) is 18.2 Å². The number of carbonyl (C=O) groups excluding carboxylic acids is 2. The Morgan fingerprint density at radius 1 is 1.39 bits per heavy atom. The van der Waals surface area contributed by atoms with E-state index in [9.17, 15) is 9.59 Å². The predicted molar refractivity (Wildman–Crippen MR) is 86.8 cm³/mol. The Labute approximate surface area is 137 Å². The molecule has 2 aliphatic carbocycles. The molecule has 4 nitrogen and oxygen atoms in total. The van der Waals surface area contributed by atoms with Crippen LogP contribution in [0.15, 0.2) is 18.2 Å². The Balaban J connectivity index is 1.98. The fraction of sp³-hybridized carbons (Fsp3) is 0.579.